The molecule has 0 spiro atoms. The molecule has 92 valence electrons. The Bertz CT molecular complexity index is 239. The van der Waals surface area contributed by atoms with E-state index in [0.29, 0.717) is 12.5 Å². The molecule has 0 aromatic carbocycles. The Morgan fingerprint density at radius 3 is 2.69 bits per heavy atom. The molecule has 0 aromatic heterocycles. The van der Waals surface area contributed by atoms with Gasteiger partial charge < -0.3 is 15.3 Å². The number of aliphatic carboxylic acids is 1. The normalized spacial score (nSPS) is 32.5. The van der Waals surface area contributed by atoms with E-state index in [9.17, 15) is 4.79 Å². The zero-order valence-electron chi connectivity index (χ0n) is 9.82. The second-order valence-corrected chi connectivity index (χ2v) is 5.16. The van der Waals surface area contributed by atoms with E-state index < -0.39 is 5.97 Å². The highest BCUT2D eigenvalue weighted by molar-refractivity contribution is 5.70. The van der Waals surface area contributed by atoms with Crippen LogP contribution in [0.4, 0.5) is 0 Å². The summed E-state index contributed by atoms with van der Waals surface area (Å²) in [7, 11) is 0. The number of nitrogens with zero attached hydrogens (tertiary/aromatic N) is 1. The summed E-state index contributed by atoms with van der Waals surface area (Å²) >= 11 is 0. The molecule has 0 bridgehead atoms. The van der Waals surface area contributed by atoms with Gasteiger partial charge in [-0.1, -0.05) is 6.42 Å². The summed E-state index contributed by atoms with van der Waals surface area (Å²) in [6.45, 7) is 5.12. The highest BCUT2D eigenvalue weighted by Gasteiger charge is 2.28. The third kappa shape index (κ3) is 3.19. The quantitative estimate of drug-likeness (QED) is 0.747. The van der Waals surface area contributed by atoms with E-state index in [2.05, 4.69) is 10.2 Å². The Labute approximate surface area is 97.0 Å². The second kappa shape index (κ2) is 5.64. The van der Waals surface area contributed by atoms with Gasteiger partial charge in [0.2, 0.25) is 0 Å². The van der Waals surface area contributed by atoms with Crippen LogP contribution >= 0.6 is 0 Å². The maximum absolute atomic E-state index is 10.9. The lowest BCUT2D eigenvalue weighted by molar-refractivity contribution is -0.142. The van der Waals surface area contributed by atoms with E-state index in [1.807, 2.05) is 0 Å². The van der Waals surface area contributed by atoms with Crippen molar-refractivity contribution in [2.24, 2.45) is 11.8 Å². The molecule has 2 fully saturated rings. The largest absolute Gasteiger partial charge is 0.481 e. The first-order chi connectivity index (χ1) is 7.75. The standard InChI is InChI=1S/C12H22N2O2/c15-12(16)11-6-10(7-13-8-11)9-14-4-2-1-3-5-14/h10-11,13H,1-9H2,(H,15,16). The molecule has 2 N–H and O–H groups in total. The molecule has 2 aliphatic heterocycles. The van der Waals surface area contributed by atoms with Crippen LogP contribution in [0.1, 0.15) is 25.7 Å². The number of likely N-dealkylation sites (tertiary alicyclic amines) is 1. The van der Waals surface area contributed by atoms with Gasteiger partial charge in [-0.15, -0.1) is 0 Å². The predicted molar refractivity (Wildman–Crippen MR) is 62.4 cm³/mol. The average molecular weight is 226 g/mol. The van der Waals surface area contributed by atoms with Crippen LogP contribution in [0.5, 0.6) is 0 Å². The summed E-state index contributed by atoms with van der Waals surface area (Å²) in [6, 6.07) is 0. The van der Waals surface area contributed by atoms with E-state index in [1.54, 1.807) is 0 Å². The van der Waals surface area contributed by atoms with Crippen LogP contribution in [-0.2, 0) is 4.79 Å². The molecular weight excluding hydrogens is 204 g/mol. The van der Waals surface area contributed by atoms with Crippen LogP contribution in [0.2, 0.25) is 0 Å². The van der Waals surface area contributed by atoms with E-state index in [0.717, 1.165) is 19.5 Å². The molecule has 0 amide bonds. The lowest BCUT2D eigenvalue weighted by atomic mass is 9.90. The molecule has 2 aliphatic rings. The summed E-state index contributed by atoms with van der Waals surface area (Å²) in [5.41, 5.74) is 0. The first-order valence-corrected chi connectivity index (χ1v) is 6.41. The maximum Gasteiger partial charge on any atom is 0.307 e. The average Bonchev–Trinajstić information content (AvgIpc) is 2.30. The van der Waals surface area contributed by atoms with Crippen LogP contribution in [-0.4, -0.2) is 48.7 Å². The zero-order valence-corrected chi connectivity index (χ0v) is 9.82. The van der Waals surface area contributed by atoms with Gasteiger partial charge in [-0.05, 0) is 44.8 Å². The van der Waals surface area contributed by atoms with Gasteiger partial charge in [0, 0.05) is 13.1 Å². The Kier molecular flexibility index (Phi) is 4.18. The minimum Gasteiger partial charge on any atom is -0.481 e. The summed E-state index contributed by atoms with van der Waals surface area (Å²) < 4.78 is 0. The van der Waals surface area contributed by atoms with Gasteiger partial charge >= 0.3 is 5.97 Å². The van der Waals surface area contributed by atoms with Gasteiger partial charge in [0.15, 0.2) is 0 Å². The molecule has 0 radical (unpaired) electrons. The fourth-order valence-corrected chi connectivity index (χ4v) is 2.87. The van der Waals surface area contributed by atoms with Crippen LogP contribution in [0, 0.1) is 11.8 Å². The molecule has 0 saturated carbocycles. The minimum absolute atomic E-state index is 0.177. The fraction of sp³-hybridized carbons (Fsp3) is 0.917. The number of carbonyl (C=O) groups is 1. The SMILES string of the molecule is O=C(O)C1CNCC(CN2CCCCC2)C1. The first-order valence-electron chi connectivity index (χ1n) is 6.41. The molecule has 0 aliphatic carbocycles. The summed E-state index contributed by atoms with van der Waals surface area (Å²) in [5.74, 6) is -0.299. The molecule has 16 heavy (non-hydrogen) atoms. The van der Waals surface area contributed by atoms with E-state index in [-0.39, 0.29) is 5.92 Å². The highest BCUT2D eigenvalue weighted by atomic mass is 16.4. The molecule has 2 heterocycles. The second-order valence-electron chi connectivity index (χ2n) is 5.16. The molecular formula is C12H22N2O2. The van der Waals surface area contributed by atoms with Gasteiger partial charge in [0.1, 0.15) is 0 Å². The van der Waals surface area contributed by atoms with Crippen molar-refractivity contribution in [3.05, 3.63) is 0 Å². The van der Waals surface area contributed by atoms with Crippen LogP contribution in [0.3, 0.4) is 0 Å². The third-order valence-electron chi connectivity index (χ3n) is 3.76. The molecule has 2 rings (SSSR count). The van der Waals surface area contributed by atoms with E-state index >= 15 is 0 Å². The number of hydrogen-bond donors (Lipinski definition) is 2. The molecule has 4 nitrogen and oxygen atoms in total. The number of rotatable bonds is 3. The number of nitrogens with one attached hydrogen (secondary N) is 1. The fourth-order valence-electron chi connectivity index (χ4n) is 2.87. The van der Waals surface area contributed by atoms with Gasteiger partial charge in [0.05, 0.1) is 5.92 Å². The Hall–Kier alpha value is -0.610. The summed E-state index contributed by atoms with van der Waals surface area (Å²) in [6.07, 6.45) is 4.82. The Balaban J connectivity index is 1.78. The number of piperidine rings is 2. The van der Waals surface area contributed by atoms with Crippen molar-refractivity contribution in [1.82, 2.24) is 10.2 Å². The zero-order chi connectivity index (χ0) is 11.4. The van der Waals surface area contributed by atoms with E-state index in [1.165, 1.54) is 32.4 Å². The number of hydrogen-bond acceptors (Lipinski definition) is 3. The van der Waals surface area contributed by atoms with Crippen molar-refractivity contribution in [1.29, 1.82) is 0 Å². The summed E-state index contributed by atoms with van der Waals surface area (Å²) in [5, 5.41) is 12.3. The van der Waals surface area contributed by atoms with Gasteiger partial charge in [-0.25, -0.2) is 0 Å². The topological polar surface area (TPSA) is 52.6 Å². The Morgan fingerprint density at radius 2 is 2.00 bits per heavy atom. The molecule has 2 atom stereocenters. The highest BCUT2D eigenvalue weighted by Crippen LogP contribution is 2.19. The van der Waals surface area contributed by atoms with Crippen molar-refractivity contribution in [3.63, 3.8) is 0 Å². The van der Waals surface area contributed by atoms with Crippen molar-refractivity contribution in [3.8, 4) is 0 Å². The smallest absolute Gasteiger partial charge is 0.307 e. The lowest BCUT2D eigenvalue weighted by Crippen LogP contribution is -2.45. The van der Waals surface area contributed by atoms with E-state index in [4.69, 9.17) is 5.11 Å². The van der Waals surface area contributed by atoms with Crippen LogP contribution in [0.25, 0.3) is 0 Å². The lowest BCUT2D eigenvalue weighted by Gasteiger charge is -2.34. The van der Waals surface area contributed by atoms with Gasteiger partial charge in [-0.3, -0.25) is 4.79 Å². The van der Waals surface area contributed by atoms with Crippen molar-refractivity contribution < 1.29 is 9.90 Å². The third-order valence-corrected chi connectivity index (χ3v) is 3.76. The minimum atomic E-state index is -0.643. The molecule has 0 aromatic rings. The van der Waals surface area contributed by atoms with Crippen LogP contribution in [0.15, 0.2) is 0 Å². The molecule has 2 unspecified atom stereocenters. The van der Waals surface area contributed by atoms with Crippen LogP contribution < -0.4 is 5.32 Å². The predicted octanol–water partition coefficient (Wildman–Crippen LogP) is 0.783. The summed E-state index contributed by atoms with van der Waals surface area (Å²) in [4.78, 5) is 13.4. The molecule has 2 saturated heterocycles. The van der Waals surface area contributed by atoms with Crippen molar-refractivity contribution >= 4 is 5.97 Å². The number of carboxylic acids is 1. The van der Waals surface area contributed by atoms with Crippen molar-refractivity contribution in [2.75, 3.05) is 32.7 Å². The van der Waals surface area contributed by atoms with Gasteiger partial charge in [0.25, 0.3) is 0 Å². The maximum atomic E-state index is 10.9. The Morgan fingerprint density at radius 1 is 1.25 bits per heavy atom. The monoisotopic (exact) mass is 226 g/mol. The molecule has 4 heteroatoms. The van der Waals surface area contributed by atoms with Gasteiger partial charge in [-0.2, -0.15) is 0 Å². The van der Waals surface area contributed by atoms with Crippen molar-refractivity contribution in [2.45, 2.75) is 25.7 Å². The first kappa shape index (κ1) is 11.9. The number of carboxylic acid groups (broad SMARTS) is 1.